The molecule has 1 atom stereocenters. The lowest BCUT2D eigenvalue weighted by Gasteiger charge is -2.21. The van der Waals surface area contributed by atoms with E-state index >= 15 is 0 Å². The Labute approximate surface area is 133 Å². The van der Waals surface area contributed by atoms with Gasteiger partial charge in [0.1, 0.15) is 30.1 Å². The molecule has 0 aliphatic heterocycles. The third-order valence-electron chi connectivity index (χ3n) is 3.69. The lowest BCUT2D eigenvalue weighted by molar-refractivity contribution is 0.497. The molecular weight excluding hydrogens is 295 g/mol. The number of nitrogens with one attached hydrogen (secondary N) is 1. The van der Waals surface area contributed by atoms with Gasteiger partial charge in [0.05, 0.1) is 16.9 Å². The molecule has 0 aliphatic carbocycles. The smallest absolute Gasteiger partial charge is 0.149 e. The van der Waals surface area contributed by atoms with Crippen LogP contribution in [0.15, 0.2) is 30.9 Å². The van der Waals surface area contributed by atoms with Gasteiger partial charge < -0.3 is 5.32 Å². The predicted molar refractivity (Wildman–Crippen MR) is 86.3 cm³/mol. The summed E-state index contributed by atoms with van der Waals surface area (Å²) in [5.41, 5.74) is 0.573. The van der Waals surface area contributed by atoms with Gasteiger partial charge in [-0.05, 0) is 24.5 Å². The second-order valence-corrected chi connectivity index (χ2v) is 5.92. The Balaban J connectivity index is 2.02. The molecule has 0 spiro atoms. The molecule has 0 fully saturated rings. The summed E-state index contributed by atoms with van der Waals surface area (Å²) >= 11 is 0. The van der Waals surface area contributed by atoms with E-state index in [-0.39, 0.29) is 11.9 Å². The van der Waals surface area contributed by atoms with Crippen molar-refractivity contribution < 1.29 is 4.39 Å². The highest BCUT2D eigenvalue weighted by molar-refractivity contribution is 5.89. The van der Waals surface area contributed by atoms with Crippen molar-refractivity contribution >= 4 is 16.7 Å². The first-order valence-corrected chi connectivity index (χ1v) is 7.56. The zero-order chi connectivity index (χ0) is 16.4. The molecule has 23 heavy (non-hydrogen) atoms. The molecule has 6 nitrogen and oxygen atoms in total. The van der Waals surface area contributed by atoms with E-state index < -0.39 is 0 Å². The minimum atomic E-state index is -0.341. The van der Waals surface area contributed by atoms with Gasteiger partial charge in [0.15, 0.2) is 0 Å². The van der Waals surface area contributed by atoms with Crippen molar-refractivity contribution in [3.63, 3.8) is 0 Å². The fourth-order valence-electron chi connectivity index (χ4n) is 2.66. The number of rotatable bonds is 5. The highest BCUT2D eigenvalue weighted by atomic mass is 19.1. The van der Waals surface area contributed by atoms with E-state index in [9.17, 15) is 4.39 Å². The zero-order valence-corrected chi connectivity index (χ0v) is 13.4. The third kappa shape index (κ3) is 3.13. The van der Waals surface area contributed by atoms with E-state index in [0.29, 0.717) is 22.6 Å². The van der Waals surface area contributed by atoms with Crippen LogP contribution >= 0.6 is 0 Å². The molecule has 0 saturated heterocycles. The van der Waals surface area contributed by atoms with Crippen LogP contribution in [0.5, 0.6) is 0 Å². The standard InChI is InChI=1S/C16H19FN6/c1-10(2)7-13(16-20-9-21-23(16)3)22-15-14-11(17)5-4-6-12(14)18-8-19-15/h4-6,8-10,13H,7H2,1-3H3,(H,18,19,22)/t13-/m1/s1. The lowest BCUT2D eigenvalue weighted by Crippen LogP contribution is -2.19. The molecule has 0 bridgehead atoms. The normalized spacial score (nSPS) is 12.7. The Hall–Kier alpha value is -2.57. The molecule has 0 amide bonds. The van der Waals surface area contributed by atoms with Gasteiger partial charge in [0.2, 0.25) is 0 Å². The van der Waals surface area contributed by atoms with Crippen molar-refractivity contribution in [2.75, 3.05) is 5.32 Å². The van der Waals surface area contributed by atoms with E-state index in [1.54, 1.807) is 16.8 Å². The third-order valence-corrected chi connectivity index (χ3v) is 3.69. The summed E-state index contributed by atoms with van der Waals surface area (Å²) in [5, 5.41) is 7.84. The van der Waals surface area contributed by atoms with Crippen LogP contribution in [0.3, 0.4) is 0 Å². The highest BCUT2D eigenvalue weighted by Gasteiger charge is 2.20. The average Bonchev–Trinajstić information content (AvgIpc) is 2.92. The topological polar surface area (TPSA) is 68.5 Å². The minimum Gasteiger partial charge on any atom is -0.359 e. The van der Waals surface area contributed by atoms with Crippen LogP contribution in [0, 0.1) is 11.7 Å². The zero-order valence-electron chi connectivity index (χ0n) is 13.4. The number of nitrogens with zero attached hydrogens (tertiary/aromatic N) is 5. The Morgan fingerprint density at radius 3 is 2.70 bits per heavy atom. The molecule has 1 N–H and O–H groups in total. The summed E-state index contributed by atoms with van der Waals surface area (Å²) in [5.74, 6) is 1.36. The van der Waals surface area contributed by atoms with E-state index in [1.165, 1.54) is 18.7 Å². The first kappa shape index (κ1) is 15.3. The van der Waals surface area contributed by atoms with Crippen molar-refractivity contribution in [2.45, 2.75) is 26.3 Å². The fraction of sp³-hybridized carbons (Fsp3) is 0.375. The van der Waals surface area contributed by atoms with E-state index in [0.717, 1.165) is 12.2 Å². The summed E-state index contributed by atoms with van der Waals surface area (Å²) in [4.78, 5) is 12.7. The van der Waals surface area contributed by atoms with Crippen molar-refractivity contribution in [3.8, 4) is 0 Å². The van der Waals surface area contributed by atoms with Crippen LogP contribution < -0.4 is 5.32 Å². The number of benzene rings is 1. The SMILES string of the molecule is CC(C)C[C@@H](Nc1ncnc2cccc(F)c12)c1ncnn1C. The number of hydrogen-bond acceptors (Lipinski definition) is 5. The van der Waals surface area contributed by atoms with Crippen LogP contribution in [-0.4, -0.2) is 24.7 Å². The van der Waals surface area contributed by atoms with Crippen LogP contribution in [0.25, 0.3) is 10.9 Å². The van der Waals surface area contributed by atoms with Gasteiger partial charge >= 0.3 is 0 Å². The molecule has 0 aliphatic rings. The molecule has 0 saturated carbocycles. The van der Waals surface area contributed by atoms with Gasteiger partial charge in [0.25, 0.3) is 0 Å². The Kier molecular flexibility index (Phi) is 4.18. The molecule has 0 radical (unpaired) electrons. The molecule has 7 heteroatoms. The minimum absolute atomic E-state index is 0.111. The van der Waals surface area contributed by atoms with Crippen LogP contribution in [0.4, 0.5) is 10.2 Å². The van der Waals surface area contributed by atoms with E-state index in [2.05, 4.69) is 39.2 Å². The monoisotopic (exact) mass is 314 g/mol. The molecule has 2 heterocycles. The number of anilines is 1. The van der Waals surface area contributed by atoms with Crippen LogP contribution in [0.2, 0.25) is 0 Å². The maximum atomic E-state index is 14.2. The lowest BCUT2D eigenvalue weighted by atomic mass is 10.0. The van der Waals surface area contributed by atoms with Crippen LogP contribution in [0.1, 0.15) is 32.1 Å². The van der Waals surface area contributed by atoms with E-state index in [4.69, 9.17) is 0 Å². The predicted octanol–water partition coefficient (Wildman–Crippen LogP) is 3.10. The summed E-state index contributed by atoms with van der Waals surface area (Å²) in [7, 11) is 1.84. The molecule has 2 aromatic heterocycles. The van der Waals surface area contributed by atoms with Crippen molar-refractivity contribution in [2.24, 2.45) is 13.0 Å². The Morgan fingerprint density at radius 2 is 2.00 bits per heavy atom. The maximum absolute atomic E-state index is 14.2. The van der Waals surface area contributed by atoms with Crippen molar-refractivity contribution in [3.05, 3.63) is 42.5 Å². The fourth-order valence-corrected chi connectivity index (χ4v) is 2.66. The Morgan fingerprint density at radius 1 is 1.17 bits per heavy atom. The molecular formula is C16H19FN6. The van der Waals surface area contributed by atoms with Crippen molar-refractivity contribution in [1.29, 1.82) is 0 Å². The number of hydrogen-bond donors (Lipinski definition) is 1. The molecule has 3 aromatic rings. The van der Waals surface area contributed by atoms with Gasteiger partial charge in [-0.15, -0.1) is 0 Å². The van der Waals surface area contributed by atoms with Gasteiger partial charge in [-0.25, -0.2) is 19.3 Å². The number of halogens is 1. The summed E-state index contributed by atoms with van der Waals surface area (Å²) in [6, 6.07) is 4.71. The maximum Gasteiger partial charge on any atom is 0.149 e. The number of aromatic nitrogens is 5. The number of fused-ring (bicyclic) bond motifs is 1. The molecule has 0 unspecified atom stereocenters. The van der Waals surface area contributed by atoms with Gasteiger partial charge in [0, 0.05) is 7.05 Å². The Bertz CT molecular complexity index is 808. The average molecular weight is 314 g/mol. The summed E-state index contributed by atoms with van der Waals surface area (Å²) in [6.07, 6.45) is 3.78. The summed E-state index contributed by atoms with van der Waals surface area (Å²) < 4.78 is 16.0. The summed E-state index contributed by atoms with van der Waals surface area (Å²) in [6.45, 7) is 4.26. The largest absolute Gasteiger partial charge is 0.359 e. The molecule has 3 rings (SSSR count). The first-order chi connectivity index (χ1) is 11.1. The van der Waals surface area contributed by atoms with Gasteiger partial charge in [-0.2, -0.15) is 5.10 Å². The van der Waals surface area contributed by atoms with Gasteiger partial charge in [-0.1, -0.05) is 19.9 Å². The highest BCUT2D eigenvalue weighted by Crippen LogP contribution is 2.28. The molecule has 120 valence electrons. The quantitative estimate of drug-likeness (QED) is 0.783. The van der Waals surface area contributed by atoms with Crippen LogP contribution in [-0.2, 0) is 7.05 Å². The number of aryl methyl sites for hydroxylation is 1. The van der Waals surface area contributed by atoms with Gasteiger partial charge in [-0.3, -0.25) is 4.68 Å². The second kappa shape index (κ2) is 6.28. The van der Waals surface area contributed by atoms with E-state index in [1.807, 2.05) is 7.05 Å². The second-order valence-electron chi connectivity index (χ2n) is 5.92. The molecule has 1 aromatic carbocycles. The first-order valence-electron chi connectivity index (χ1n) is 7.56. The van der Waals surface area contributed by atoms with Crippen molar-refractivity contribution in [1.82, 2.24) is 24.7 Å².